The van der Waals surface area contributed by atoms with Gasteiger partial charge in [-0.15, -0.1) is 0 Å². The number of rotatable bonds is 1. The Morgan fingerprint density at radius 2 is 2.19 bits per heavy atom. The van der Waals surface area contributed by atoms with Gasteiger partial charge in [0.05, 0.1) is 0 Å². The SMILES string of the molecule is Cc1cc(C2C(N)CCCN2C)ccc1Br. The van der Waals surface area contributed by atoms with Crippen molar-refractivity contribution in [1.82, 2.24) is 4.90 Å². The van der Waals surface area contributed by atoms with Crippen molar-refractivity contribution < 1.29 is 0 Å². The Kier molecular flexibility index (Phi) is 3.67. The molecule has 1 heterocycles. The minimum Gasteiger partial charge on any atom is -0.326 e. The van der Waals surface area contributed by atoms with Crippen molar-refractivity contribution in [2.45, 2.75) is 31.8 Å². The van der Waals surface area contributed by atoms with Crippen LogP contribution in [-0.2, 0) is 0 Å². The van der Waals surface area contributed by atoms with Crippen molar-refractivity contribution in [2.24, 2.45) is 5.73 Å². The van der Waals surface area contributed by atoms with E-state index in [-0.39, 0.29) is 6.04 Å². The van der Waals surface area contributed by atoms with Gasteiger partial charge in [0.25, 0.3) is 0 Å². The molecule has 2 N–H and O–H groups in total. The molecule has 88 valence electrons. The zero-order valence-corrected chi connectivity index (χ0v) is 11.5. The third kappa shape index (κ3) is 2.31. The zero-order chi connectivity index (χ0) is 11.7. The molecular formula is C13H19BrN2. The molecule has 3 heteroatoms. The van der Waals surface area contributed by atoms with Gasteiger partial charge in [-0.3, -0.25) is 4.90 Å². The second-order valence-corrected chi connectivity index (χ2v) is 5.59. The summed E-state index contributed by atoms with van der Waals surface area (Å²) in [7, 11) is 2.17. The number of hydrogen-bond acceptors (Lipinski definition) is 2. The number of hydrogen-bond donors (Lipinski definition) is 1. The normalized spacial score (nSPS) is 27.0. The van der Waals surface area contributed by atoms with Crippen LogP contribution in [0.25, 0.3) is 0 Å². The van der Waals surface area contributed by atoms with Crippen LogP contribution in [0.3, 0.4) is 0 Å². The Labute approximate surface area is 106 Å². The highest BCUT2D eigenvalue weighted by Crippen LogP contribution is 2.30. The summed E-state index contributed by atoms with van der Waals surface area (Å²) < 4.78 is 1.17. The lowest BCUT2D eigenvalue weighted by molar-refractivity contribution is 0.163. The van der Waals surface area contributed by atoms with Crippen LogP contribution in [0.1, 0.15) is 30.0 Å². The number of halogens is 1. The molecular weight excluding hydrogens is 264 g/mol. The van der Waals surface area contributed by atoms with E-state index in [4.69, 9.17) is 5.73 Å². The summed E-state index contributed by atoms with van der Waals surface area (Å²) in [6.45, 7) is 3.27. The summed E-state index contributed by atoms with van der Waals surface area (Å²) in [6, 6.07) is 7.19. The van der Waals surface area contributed by atoms with Crippen molar-refractivity contribution in [1.29, 1.82) is 0 Å². The number of nitrogens with two attached hydrogens (primary N) is 1. The molecule has 0 bridgehead atoms. The first-order chi connectivity index (χ1) is 7.59. The van der Waals surface area contributed by atoms with Crippen molar-refractivity contribution >= 4 is 15.9 Å². The summed E-state index contributed by atoms with van der Waals surface area (Å²) in [5.41, 5.74) is 8.86. The van der Waals surface area contributed by atoms with Crippen LogP contribution in [-0.4, -0.2) is 24.5 Å². The van der Waals surface area contributed by atoms with Crippen LogP contribution < -0.4 is 5.73 Å². The maximum absolute atomic E-state index is 6.24. The van der Waals surface area contributed by atoms with Gasteiger partial charge >= 0.3 is 0 Å². The van der Waals surface area contributed by atoms with Gasteiger partial charge in [0, 0.05) is 16.6 Å². The zero-order valence-electron chi connectivity index (χ0n) is 9.91. The highest BCUT2D eigenvalue weighted by Gasteiger charge is 2.27. The predicted octanol–water partition coefficient (Wildman–Crippen LogP) is 2.85. The molecule has 16 heavy (non-hydrogen) atoms. The summed E-state index contributed by atoms with van der Waals surface area (Å²) >= 11 is 3.54. The molecule has 2 rings (SSSR count). The number of likely N-dealkylation sites (N-methyl/N-ethyl adjacent to an activating group) is 1. The van der Waals surface area contributed by atoms with Gasteiger partial charge < -0.3 is 5.73 Å². The second kappa shape index (κ2) is 4.86. The Morgan fingerprint density at radius 1 is 1.44 bits per heavy atom. The van der Waals surface area contributed by atoms with Crippen LogP contribution in [0, 0.1) is 6.92 Å². The molecule has 1 aliphatic heterocycles. The fraction of sp³-hybridized carbons (Fsp3) is 0.538. The van der Waals surface area contributed by atoms with Gasteiger partial charge in [0.1, 0.15) is 0 Å². The molecule has 1 aromatic carbocycles. The molecule has 0 aromatic heterocycles. The van der Waals surface area contributed by atoms with E-state index in [0.717, 1.165) is 13.0 Å². The summed E-state index contributed by atoms with van der Waals surface area (Å²) in [6.07, 6.45) is 2.34. The van der Waals surface area contributed by atoms with E-state index in [0.29, 0.717) is 6.04 Å². The molecule has 2 nitrogen and oxygen atoms in total. The molecule has 1 saturated heterocycles. The number of benzene rings is 1. The number of likely N-dealkylation sites (tertiary alicyclic amines) is 1. The Morgan fingerprint density at radius 3 is 2.81 bits per heavy atom. The van der Waals surface area contributed by atoms with Gasteiger partial charge in [-0.1, -0.05) is 28.1 Å². The monoisotopic (exact) mass is 282 g/mol. The first kappa shape index (κ1) is 12.1. The highest BCUT2D eigenvalue weighted by atomic mass is 79.9. The summed E-state index contributed by atoms with van der Waals surface area (Å²) in [5.74, 6) is 0. The largest absolute Gasteiger partial charge is 0.326 e. The van der Waals surface area contributed by atoms with E-state index < -0.39 is 0 Å². The van der Waals surface area contributed by atoms with Gasteiger partial charge in [0.15, 0.2) is 0 Å². The van der Waals surface area contributed by atoms with E-state index in [2.05, 4.69) is 53.0 Å². The average molecular weight is 283 g/mol. The summed E-state index contributed by atoms with van der Waals surface area (Å²) in [4.78, 5) is 2.37. The Hall–Kier alpha value is -0.380. The van der Waals surface area contributed by atoms with E-state index in [1.165, 1.54) is 22.0 Å². The highest BCUT2D eigenvalue weighted by molar-refractivity contribution is 9.10. The average Bonchev–Trinajstić information content (AvgIpc) is 2.23. The lowest BCUT2D eigenvalue weighted by Crippen LogP contribution is -2.43. The standard InChI is InChI=1S/C13H19BrN2/c1-9-8-10(5-6-11(9)14)13-12(15)4-3-7-16(13)2/h5-6,8,12-13H,3-4,7,15H2,1-2H3. The molecule has 1 aromatic rings. The minimum atomic E-state index is 0.263. The van der Waals surface area contributed by atoms with E-state index in [1.54, 1.807) is 0 Å². The molecule has 0 spiro atoms. The molecule has 2 atom stereocenters. The fourth-order valence-corrected chi connectivity index (χ4v) is 2.80. The third-order valence-corrected chi connectivity index (χ3v) is 4.34. The minimum absolute atomic E-state index is 0.263. The van der Waals surface area contributed by atoms with Crippen molar-refractivity contribution in [3.8, 4) is 0 Å². The van der Waals surface area contributed by atoms with Gasteiger partial charge in [0.2, 0.25) is 0 Å². The lowest BCUT2D eigenvalue weighted by atomic mass is 9.91. The van der Waals surface area contributed by atoms with Crippen molar-refractivity contribution in [3.63, 3.8) is 0 Å². The molecule has 0 radical (unpaired) electrons. The second-order valence-electron chi connectivity index (χ2n) is 4.74. The smallest absolute Gasteiger partial charge is 0.0496 e. The number of piperidine rings is 1. The molecule has 0 amide bonds. The Bertz CT molecular complexity index is 368. The number of nitrogens with zero attached hydrogens (tertiary/aromatic N) is 1. The van der Waals surface area contributed by atoms with E-state index in [1.807, 2.05) is 0 Å². The topological polar surface area (TPSA) is 29.3 Å². The van der Waals surface area contributed by atoms with Crippen molar-refractivity contribution in [2.75, 3.05) is 13.6 Å². The van der Waals surface area contributed by atoms with Crippen LogP contribution in [0.4, 0.5) is 0 Å². The van der Waals surface area contributed by atoms with Gasteiger partial charge in [-0.2, -0.15) is 0 Å². The van der Waals surface area contributed by atoms with Crippen LogP contribution in [0.2, 0.25) is 0 Å². The van der Waals surface area contributed by atoms with Crippen LogP contribution in [0.5, 0.6) is 0 Å². The molecule has 1 aliphatic rings. The van der Waals surface area contributed by atoms with Crippen LogP contribution in [0.15, 0.2) is 22.7 Å². The van der Waals surface area contributed by atoms with Crippen LogP contribution >= 0.6 is 15.9 Å². The third-order valence-electron chi connectivity index (χ3n) is 3.45. The fourth-order valence-electron chi connectivity index (χ4n) is 2.55. The van der Waals surface area contributed by atoms with E-state index in [9.17, 15) is 0 Å². The lowest BCUT2D eigenvalue weighted by Gasteiger charge is -2.37. The maximum Gasteiger partial charge on any atom is 0.0496 e. The molecule has 0 saturated carbocycles. The predicted molar refractivity (Wildman–Crippen MR) is 71.5 cm³/mol. The Balaban J connectivity index is 2.30. The first-order valence-electron chi connectivity index (χ1n) is 5.81. The molecule has 2 unspecified atom stereocenters. The number of aryl methyl sites for hydroxylation is 1. The molecule has 1 fully saturated rings. The quantitative estimate of drug-likeness (QED) is 0.858. The summed E-state index contributed by atoms with van der Waals surface area (Å²) in [5, 5.41) is 0. The maximum atomic E-state index is 6.24. The molecule has 0 aliphatic carbocycles. The van der Waals surface area contributed by atoms with Gasteiger partial charge in [-0.25, -0.2) is 0 Å². The van der Waals surface area contributed by atoms with Crippen molar-refractivity contribution in [3.05, 3.63) is 33.8 Å². The van der Waals surface area contributed by atoms with E-state index >= 15 is 0 Å². The first-order valence-corrected chi connectivity index (χ1v) is 6.61. The van der Waals surface area contributed by atoms with Gasteiger partial charge in [-0.05, 0) is 50.6 Å².